The molecule has 3 fully saturated rings. The van der Waals surface area contributed by atoms with E-state index in [1.807, 2.05) is 37.3 Å². The van der Waals surface area contributed by atoms with Crippen molar-refractivity contribution in [3.63, 3.8) is 0 Å². The van der Waals surface area contributed by atoms with E-state index in [4.69, 9.17) is 4.74 Å². The summed E-state index contributed by atoms with van der Waals surface area (Å²) in [5, 5.41) is 5.68. The Kier molecular flexibility index (Phi) is 3.98. The van der Waals surface area contributed by atoms with Crippen molar-refractivity contribution in [1.82, 2.24) is 15.6 Å². The van der Waals surface area contributed by atoms with Gasteiger partial charge in [-0.05, 0) is 37.7 Å². The standard InChI is InChI=1S/C20H23N3O3/c1-12(14-6-4-3-5-7-14)26-16-8-15(22-17(16)19(25)21-2)18(24)23-20-9-13(10-20)11-20/h3-8,12-13,22H,9-11H2,1-2H3,(H,21,25)(H,23,24)/t12-,13?,20?/m0/s1. The average molecular weight is 353 g/mol. The third kappa shape index (κ3) is 2.85. The molecule has 3 aliphatic rings. The molecule has 136 valence electrons. The molecule has 2 aromatic rings. The summed E-state index contributed by atoms with van der Waals surface area (Å²) in [6.45, 7) is 1.91. The number of aromatic amines is 1. The van der Waals surface area contributed by atoms with Crippen molar-refractivity contribution in [2.75, 3.05) is 7.05 Å². The minimum absolute atomic E-state index is 0.0155. The van der Waals surface area contributed by atoms with E-state index < -0.39 is 0 Å². The Hall–Kier alpha value is -2.76. The number of carbonyl (C=O) groups is 2. The van der Waals surface area contributed by atoms with Crippen LogP contribution in [-0.2, 0) is 0 Å². The monoisotopic (exact) mass is 353 g/mol. The Labute approximate surface area is 152 Å². The summed E-state index contributed by atoms with van der Waals surface area (Å²) in [6, 6.07) is 11.4. The highest BCUT2D eigenvalue weighted by Gasteiger charge is 2.57. The number of amides is 2. The van der Waals surface area contributed by atoms with Gasteiger partial charge in [0.25, 0.3) is 11.8 Å². The van der Waals surface area contributed by atoms with Gasteiger partial charge in [-0.15, -0.1) is 0 Å². The zero-order valence-electron chi connectivity index (χ0n) is 15.0. The molecule has 0 unspecified atom stereocenters. The third-order valence-corrected chi connectivity index (χ3v) is 5.47. The molecule has 26 heavy (non-hydrogen) atoms. The van der Waals surface area contributed by atoms with Gasteiger partial charge < -0.3 is 20.4 Å². The van der Waals surface area contributed by atoms with Crippen LogP contribution in [-0.4, -0.2) is 29.4 Å². The fourth-order valence-corrected chi connectivity index (χ4v) is 3.87. The van der Waals surface area contributed by atoms with E-state index in [0.717, 1.165) is 30.7 Å². The van der Waals surface area contributed by atoms with Gasteiger partial charge in [0, 0.05) is 18.7 Å². The van der Waals surface area contributed by atoms with Gasteiger partial charge in [-0.1, -0.05) is 30.3 Å². The fraction of sp³-hybridized carbons (Fsp3) is 0.400. The minimum Gasteiger partial charge on any atom is -0.484 e. The van der Waals surface area contributed by atoms with Crippen LogP contribution in [0.25, 0.3) is 0 Å². The van der Waals surface area contributed by atoms with Gasteiger partial charge in [0.05, 0.1) is 0 Å². The number of hydrogen-bond donors (Lipinski definition) is 3. The molecule has 0 spiro atoms. The quantitative estimate of drug-likeness (QED) is 0.747. The Bertz CT molecular complexity index is 826. The van der Waals surface area contributed by atoms with Gasteiger partial charge in [0.15, 0.2) is 5.75 Å². The van der Waals surface area contributed by atoms with Crippen LogP contribution >= 0.6 is 0 Å². The second-order valence-electron chi connectivity index (χ2n) is 7.39. The zero-order valence-corrected chi connectivity index (χ0v) is 15.0. The lowest BCUT2D eigenvalue weighted by Gasteiger charge is -2.61. The summed E-state index contributed by atoms with van der Waals surface area (Å²) in [5.74, 6) is 0.662. The van der Waals surface area contributed by atoms with E-state index in [1.165, 1.54) is 0 Å². The van der Waals surface area contributed by atoms with E-state index >= 15 is 0 Å². The molecule has 1 heterocycles. The maximum absolute atomic E-state index is 12.6. The maximum Gasteiger partial charge on any atom is 0.271 e. The highest BCUT2D eigenvalue weighted by atomic mass is 16.5. The van der Waals surface area contributed by atoms with Gasteiger partial charge in [0.1, 0.15) is 17.5 Å². The normalized spacial score (nSPS) is 24.0. The predicted octanol–water partition coefficient (Wildman–Crippen LogP) is 2.80. The van der Waals surface area contributed by atoms with E-state index in [0.29, 0.717) is 11.4 Å². The lowest BCUT2D eigenvalue weighted by atomic mass is 9.50. The molecule has 5 rings (SSSR count). The molecule has 1 aromatic heterocycles. The molecular weight excluding hydrogens is 330 g/mol. The number of hydrogen-bond acceptors (Lipinski definition) is 3. The minimum atomic E-state index is -0.315. The SMILES string of the molecule is CNC(=O)c1[nH]c(C(=O)NC23CC(C2)C3)cc1O[C@@H](C)c1ccccc1. The van der Waals surface area contributed by atoms with Crippen molar-refractivity contribution in [2.24, 2.45) is 5.92 Å². The molecule has 0 radical (unpaired) electrons. The summed E-state index contributed by atoms with van der Waals surface area (Å²) in [6.07, 6.45) is 2.95. The Balaban J connectivity index is 1.55. The lowest BCUT2D eigenvalue weighted by Crippen LogP contribution is -2.68. The van der Waals surface area contributed by atoms with Crippen LogP contribution in [0.2, 0.25) is 0 Å². The summed E-state index contributed by atoms with van der Waals surface area (Å²) in [5.41, 5.74) is 1.59. The number of aromatic nitrogens is 1. The second-order valence-corrected chi connectivity index (χ2v) is 7.39. The van der Waals surface area contributed by atoms with Crippen LogP contribution in [0.3, 0.4) is 0 Å². The molecule has 2 bridgehead atoms. The van der Waals surface area contributed by atoms with Crippen LogP contribution in [0.1, 0.15) is 58.8 Å². The third-order valence-electron chi connectivity index (χ3n) is 5.47. The number of ether oxygens (including phenoxy) is 1. The van der Waals surface area contributed by atoms with E-state index in [-0.39, 0.29) is 29.2 Å². The number of nitrogens with one attached hydrogen (secondary N) is 3. The molecular formula is C20H23N3O3. The van der Waals surface area contributed by atoms with Crippen molar-refractivity contribution in [1.29, 1.82) is 0 Å². The summed E-state index contributed by atoms with van der Waals surface area (Å²) in [7, 11) is 1.55. The Morgan fingerprint density at radius 3 is 2.46 bits per heavy atom. The average Bonchev–Trinajstić information content (AvgIpc) is 3.00. The van der Waals surface area contributed by atoms with Crippen LogP contribution in [0.4, 0.5) is 0 Å². The van der Waals surface area contributed by atoms with Gasteiger partial charge >= 0.3 is 0 Å². The number of benzene rings is 1. The van der Waals surface area contributed by atoms with Gasteiger partial charge in [-0.25, -0.2) is 0 Å². The van der Waals surface area contributed by atoms with Crippen LogP contribution < -0.4 is 15.4 Å². The second kappa shape index (κ2) is 6.20. The van der Waals surface area contributed by atoms with E-state index in [9.17, 15) is 9.59 Å². The lowest BCUT2D eigenvalue weighted by molar-refractivity contribution is -0.0439. The smallest absolute Gasteiger partial charge is 0.271 e. The number of rotatable bonds is 6. The molecule has 3 N–H and O–H groups in total. The molecule has 3 saturated carbocycles. The largest absolute Gasteiger partial charge is 0.484 e. The Morgan fingerprint density at radius 2 is 1.88 bits per heavy atom. The number of H-pyrrole nitrogens is 1. The molecule has 3 aliphatic carbocycles. The van der Waals surface area contributed by atoms with Crippen LogP contribution in [0.5, 0.6) is 5.75 Å². The van der Waals surface area contributed by atoms with Crippen molar-refractivity contribution < 1.29 is 14.3 Å². The van der Waals surface area contributed by atoms with E-state index in [2.05, 4.69) is 15.6 Å². The molecule has 0 aliphatic heterocycles. The van der Waals surface area contributed by atoms with E-state index in [1.54, 1.807) is 13.1 Å². The highest BCUT2D eigenvalue weighted by molar-refractivity contribution is 6.00. The summed E-state index contributed by atoms with van der Waals surface area (Å²) < 4.78 is 5.99. The first-order valence-corrected chi connectivity index (χ1v) is 8.99. The van der Waals surface area contributed by atoms with Crippen molar-refractivity contribution in [2.45, 2.75) is 37.8 Å². The molecule has 1 aromatic carbocycles. The zero-order chi connectivity index (χ0) is 18.3. The molecule has 6 nitrogen and oxygen atoms in total. The first kappa shape index (κ1) is 16.7. The summed E-state index contributed by atoms with van der Waals surface area (Å²) >= 11 is 0. The van der Waals surface area contributed by atoms with Crippen molar-refractivity contribution in [3.05, 3.63) is 53.3 Å². The van der Waals surface area contributed by atoms with Crippen molar-refractivity contribution >= 4 is 11.8 Å². The summed E-state index contributed by atoms with van der Waals surface area (Å²) in [4.78, 5) is 27.7. The molecule has 1 atom stereocenters. The van der Waals surface area contributed by atoms with Gasteiger partial charge in [-0.2, -0.15) is 0 Å². The van der Waals surface area contributed by atoms with Gasteiger partial charge in [-0.3, -0.25) is 9.59 Å². The topological polar surface area (TPSA) is 83.2 Å². The first-order valence-electron chi connectivity index (χ1n) is 8.99. The molecule has 2 amide bonds. The molecule has 6 heteroatoms. The Morgan fingerprint density at radius 1 is 1.19 bits per heavy atom. The van der Waals surface area contributed by atoms with Crippen LogP contribution in [0, 0.1) is 5.92 Å². The number of carbonyl (C=O) groups excluding carboxylic acids is 2. The van der Waals surface area contributed by atoms with Crippen LogP contribution in [0.15, 0.2) is 36.4 Å². The van der Waals surface area contributed by atoms with Gasteiger partial charge in [0.2, 0.25) is 0 Å². The highest BCUT2D eigenvalue weighted by Crippen LogP contribution is 2.57. The molecule has 0 saturated heterocycles. The predicted molar refractivity (Wildman–Crippen MR) is 97.2 cm³/mol. The van der Waals surface area contributed by atoms with Crippen molar-refractivity contribution in [3.8, 4) is 5.75 Å². The fourth-order valence-electron chi connectivity index (χ4n) is 3.87. The maximum atomic E-state index is 12.6. The first-order chi connectivity index (χ1) is 12.5.